The first-order valence-corrected chi connectivity index (χ1v) is 7.81. The van der Waals surface area contributed by atoms with Gasteiger partial charge in [-0.25, -0.2) is 0 Å². The van der Waals surface area contributed by atoms with Gasteiger partial charge in [0.15, 0.2) is 0 Å². The zero-order valence-electron chi connectivity index (χ0n) is 13.5. The highest BCUT2D eigenvalue weighted by molar-refractivity contribution is 5.93. The first kappa shape index (κ1) is 16.7. The van der Waals surface area contributed by atoms with Crippen molar-refractivity contribution in [1.29, 1.82) is 0 Å². The van der Waals surface area contributed by atoms with Crippen molar-refractivity contribution >= 4 is 5.91 Å². The number of aromatic amines is 1. The third-order valence-electron chi connectivity index (χ3n) is 3.73. The molecule has 2 atom stereocenters. The highest BCUT2D eigenvalue weighted by Gasteiger charge is 2.21. The van der Waals surface area contributed by atoms with E-state index in [1.165, 1.54) is 0 Å². The molecule has 1 amide bonds. The molecule has 0 aromatic carbocycles. The normalized spacial score (nSPS) is 22.5. The Balaban J connectivity index is 1.74. The van der Waals surface area contributed by atoms with Crippen LogP contribution >= 0.6 is 0 Å². The minimum absolute atomic E-state index is 0.166. The third kappa shape index (κ3) is 4.68. The van der Waals surface area contributed by atoms with Crippen molar-refractivity contribution in [2.24, 2.45) is 0 Å². The van der Waals surface area contributed by atoms with E-state index in [4.69, 9.17) is 4.74 Å². The van der Waals surface area contributed by atoms with E-state index in [1.54, 1.807) is 19.1 Å². The maximum atomic E-state index is 12.0. The van der Waals surface area contributed by atoms with Gasteiger partial charge in [-0.05, 0) is 39.3 Å². The lowest BCUT2D eigenvalue weighted by Crippen LogP contribution is -2.46. The van der Waals surface area contributed by atoms with Crippen molar-refractivity contribution < 1.29 is 9.53 Å². The van der Waals surface area contributed by atoms with E-state index in [2.05, 4.69) is 29.0 Å². The summed E-state index contributed by atoms with van der Waals surface area (Å²) < 4.78 is 5.69. The molecule has 0 bridgehead atoms. The Morgan fingerprint density at radius 2 is 2.05 bits per heavy atom. The number of morpholine rings is 1. The van der Waals surface area contributed by atoms with Gasteiger partial charge in [0.1, 0.15) is 5.56 Å². The molecule has 2 heterocycles. The molecule has 0 unspecified atom stereocenters. The Hall–Kier alpha value is -1.66. The summed E-state index contributed by atoms with van der Waals surface area (Å²) in [6, 6.07) is 3.29. The van der Waals surface area contributed by atoms with Gasteiger partial charge >= 0.3 is 0 Å². The highest BCUT2D eigenvalue weighted by Crippen LogP contribution is 2.10. The van der Waals surface area contributed by atoms with Crippen molar-refractivity contribution in [2.45, 2.75) is 39.4 Å². The molecule has 1 saturated heterocycles. The summed E-state index contributed by atoms with van der Waals surface area (Å²) in [5, 5.41) is 2.80. The molecule has 1 aliphatic heterocycles. The maximum absolute atomic E-state index is 12.0. The van der Waals surface area contributed by atoms with Crippen LogP contribution in [0.15, 0.2) is 16.9 Å². The second-order valence-corrected chi connectivity index (χ2v) is 6.01. The number of carbonyl (C=O) groups excluding carboxylic acids is 1. The molecule has 6 nitrogen and oxygen atoms in total. The van der Waals surface area contributed by atoms with E-state index < -0.39 is 0 Å². The van der Waals surface area contributed by atoms with Crippen LogP contribution in [0.1, 0.15) is 36.3 Å². The van der Waals surface area contributed by atoms with E-state index >= 15 is 0 Å². The monoisotopic (exact) mass is 307 g/mol. The minimum atomic E-state index is -0.340. The van der Waals surface area contributed by atoms with Gasteiger partial charge in [-0.1, -0.05) is 0 Å². The fourth-order valence-corrected chi connectivity index (χ4v) is 2.82. The average Bonchev–Trinajstić information content (AvgIpc) is 2.42. The zero-order valence-corrected chi connectivity index (χ0v) is 13.5. The molecule has 0 radical (unpaired) electrons. The average molecular weight is 307 g/mol. The number of aryl methyl sites for hydroxylation is 1. The van der Waals surface area contributed by atoms with E-state index in [-0.39, 0.29) is 29.2 Å². The number of H-pyrrole nitrogens is 1. The van der Waals surface area contributed by atoms with Crippen LogP contribution in [0.2, 0.25) is 0 Å². The third-order valence-corrected chi connectivity index (χ3v) is 3.73. The van der Waals surface area contributed by atoms with Crippen molar-refractivity contribution in [1.82, 2.24) is 15.2 Å². The van der Waals surface area contributed by atoms with E-state index in [1.807, 2.05) is 0 Å². The lowest BCUT2D eigenvalue weighted by atomic mass is 10.2. The van der Waals surface area contributed by atoms with Gasteiger partial charge in [0, 0.05) is 31.9 Å². The van der Waals surface area contributed by atoms with Crippen LogP contribution in [-0.2, 0) is 4.74 Å². The topological polar surface area (TPSA) is 74.4 Å². The molecule has 6 heteroatoms. The molecule has 122 valence electrons. The first-order chi connectivity index (χ1) is 10.5. The fraction of sp³-hybridized carbons (Fsp3) is 0.625. The largest absolute Gasteiger partial charge is 0.373 e. The summed E-state index contributed by atoms with van der Waals surface area (Å²) in [6.07, 6.45) is 1.36. The Bertz CT molecular complexity index is 560. The molecule has 0 saturated carbocycles. The van der Waals surface area contributed by atoms with Crippen LogP contribution in [-0.4, -0.2) is 54.2 Å². The second-order valence-electron chi connectivity index (χ2n) is 6.01. The van der Waals surface area contributed by atoms with Gasteiger partial charge in [0.05, 0.1) is 12.2 Å². The first-order valence-electron chi connectivity index (χ1n) is 7.81. The van der Waals surface area contributed by atoms with Gasteiger partial charge in [-0.3, -0.25) is 14.5 Å². The minimum Gasteiger partial charge on any atom is -0.373 e. The number of pyridine rings is 1. The predicted molar refractivity (Wildman–Crippen MR) is 85.2 cm³/mol. The van der Waals surface area contributed by atoms with E-state index in [0.29, 0.717) is 6.54 Å². The van der Waals surface area contributed by atoms with Crippen LogP contribution in [0.4, 0.5) is 0 Å². The molecule has 1 fully saturated rings. The number of rotatable bonds is 5. The summed E-state index contributed by atoms with van der Waals surface area (Å²) >= 11 is 0. The molecule has 2 rings (SSSR count). The van der Waals surface area contributed by atoms with Gasteiger partial charge in [-0.2, -0.15) is 0 Å². The van der Waals surface area contributed by atoms with Crippen LogP contribution in [0.25, 0.3) is 0 Å². The Morgan fingerprint density at radius 3 is 2.68 bits per heavy atom. The number of ether oxygens (including phenoxy) is 1. The van der Waals surface area contributed by atoms with Crippen molar-refractivity contribution in [3.05, 3.63) is 33.7 Å². The van der Waals surface area contributed by atoms with Gasteiger partial charge < -0.3 is 15.0 Å². The van der Waals surface area contributed by atoms with Crippen LogP contribution in [0.5, 0.6) is 0 Å². The molecule has 1 aromatic rings. The van der Waals surface area contributed by atoms with E-state index in [0.717, 1.165) is 31.7 Å². The Morgan fingerprint density at radius 1 is 1.36 bits per heavy atom. The Labute approximate surface area is 130 Å². The summed E-state index contributed by atoms with van der Waals surface area (Å²) in [7, 11) is 0. The number of nitrogens with zero attached hydrogens (tertiary/aromatic N) is 1. The number of aromatic nitrogens is 1. The van der Waals surface area contributed by atoms with E-state index in [9.17, 15) is 9.59 Å². The van der Waals surface area contributed by atoms with Crippen molar-refractivity contribution in [3.8, 4) is 0 Å². The summed E-state index contributed by atoms with van der Waals surface area (Å²) in [4.78, 5) is 28.6. The standard InChI is InChI=1S/C16H25N3O3/c1-11-5-6-14(16(21)18-11)15(20)17-7-4-8-19-9-12(2)22-13(3)10-19/h5-6,12-13H,4,7-10H2,1-3H3,(H,17,20)(H,18,21)/t12-,13+. The SMILES string of the molecule is Cc1ccc(C(=O)NCCCN2C[C@@H](C)O[C@@H](C)C2)c(=O)[nH]1. The molecule has 0 aliphatic carbocycles. The van der Waals surface area contributed by atoms with Crippen LogP contribution in [0, 0.1) is 6.92 Å². The predicted octanol–water partition coefficient (Wildman–Crippen LogP) is 0.912. The lowest BCUT2D eigenvalue weighted by Gasteiger charge is -2.35. The number of hydrogen-bond donors (Lipinski definition) is 2. The van der Waals surface area contributed by atoms with Crippen LogP contribution < -0.4 is 10.9 Å². The zero-order chi connectivity index (χ0) is 16.1. The number of carbonyl (C=O) groups is 1. The lowest BCUT2D eigenvalue weighted by molar-refractivity contribution is -0.0679. The maximum Gasteiger partial charge on any atom is 0.260 e. The molecular weight excluding hydrogens is 282 g/mol. The Kier molecular flexibility index (Phi) is 5.74. The molecule has 1 aliphatic rings. The van der Waals surface area contributed by atoms with Gasteiger partial charge in [0.25, 0.3) is 11.5 Å². The number of amides is 1. The number of nitrogens with one attached hydrogen (secondary N) is 2. The summed E-state index contributed by atoms with van der Waals surface area (Å²) in [6.45, 7) is 9.27. The fourth-order valence-electron chi connectivity index (χ4n) is 2.82. The van der Waals surface area contributed by atoms with Gasteiger partial charge in [0.2, 0.25) is 0 Å². The second kappa shape index (κ2) is 7.56. The molecule has 0 spiro atoms. The van der Waals surface area contributed by atoms with Crippen LogP contribution in [0.3, 0.4) is 0 Å². The number of hydrogen-bond acceptors (Lipinski definition) is 4. The smallest absolute Gasteiger partial charge is 0.260 e. The molecule has 1 aromatic heterocycles. The van der Waals surface area contributed by atoms with Gasteiger partial charge in [-0.15, -0.1) is 0 Å². The molecular formula is C16H25N3O3. The molecule has 22 heavy (non-hydrogen) atoms. The molecule has 2 N–H and O–H groups in total. The summed E-state index contributed by atoms with van der Waals surface area (Å²) in [5.41, 5.74) is 0.574. The van der Waals surface area contributed by atoms with Crippen molar-refractivity contribution in [3.63, 3.8) is 0 Å². The quantitative estimate of drug-likeness (QED) is 0.793. The summed E-state index contributed by atoms with van der Waals surface area (Å²) in [5.74, 6) is -0.315. The van der Waals surface area contributed by atoms with Crippen molar-refractivity contribution in [2.75, 3.05) is 26.2 Å². The highest BCUT2D eigenvalue weighted by atomic mass is 16.5.